The van der Waals surface area contributed by atoms with E-state index in [1.54, 1.807) is 19.5 Å². The van der Waals surface area contributed by atoms with E-state index in [2.05, 4.69) is 10.1 Å². The van der Waals surface area contributed by atoms with Crippen LogP contribution in [0.3, 0.4) is 0 Å². The molecule has 2 heterocycles. The fraction of sp³-hybridized carbons (Fsp3) is 0.0667. The maximum Gasteiger partial charge on any atom is 0.230 e. The van der Waals surface area contributed by atoms with Crippen molar-refractivity contribution in [3.05, 3.63) is 48.8 Å². The highest BCUT2D eigenvalue weighted by Gasteiger charge is 2.20. The van der Waals surface area contributed by atoms with E-state index in [1.807, 2.05) is 36.4 Å². The van der Waals surface area contributed by atoms with Gasteiger partial charge in [0.2, 0.25) is 5.88 Å². The second-order valence-electron chi connectivity index (χ2n) is 4.21. The molecule has 0 saturated carbocycles. The highest BCUT2D eigenvalue weighted by molar-refractivity contribution is 5.89. The normalized spacial score (nSPS) is 10.4. The van der Waals surface area contributed by atoms with Gasteiger partial charge >= 0.3 is 0 Å². The standard InChI is InChI=1S/C15H13N3O2/c1-19-12-7-3-2-6-11(12)13-14(18-20-15(13)16)10-5-4-8-17-9-10/h2-9H,16H2,1H3. The third kappa shape index (κ3) is 1.99. The van der Waals surface area contributed by atoms with Crippen molar-refractivity contribution in [2.24, 2.45) is 0 Å². The van der Waals surface area contributed by atoms with Crippen LogP contribution in [0, 0.1) is 0 Å². The van der Waals surface area contributed by atoms with E-state index in [1.165, 1.54) is 0 Å². The Morgan fingerprint density at radius 2 is 2.00 bits per heavy atom. The van der Waals surface area contributed by atoms with Gasteiger partial charge in [-0.1, -0.05) is 23.4 Å². The molecule has 0 fully saturated rings. The third-order valence-electron chi connectivity index (χ3n) is 3.03. The first-order valence-corrected chi connectivity index (χ1v) is 6.10. The number of hydrogen-bond donors (Lipinski definition) is 1. The van der Waals surface area contributed by atoms with E-state index in [4.69, 9.17) is 15.0 Å². The number of methoxy groups -OCH3 is 1. The van der Waals surface area contributed by atoms with Crippen LogP contribution < -0.4 is 10.5 Å². The molecule has 0 atom stereocenters. The van der Waals surface area contributed by atoms with Gasteiger partial charge in [0.1, 0.15) is 11.4 Å². The molecule has 100 valence electrons. The van der Waals surface area contributed by atoms with E-state index in [-0.39, 0.29) is 5.88 Å². The molecule has 0 bridgehead atoms. The molecule has 0 aliphatic carbocycles. The first kappa shape index (κ1) is 12.2. The summed E-state index contributed by atoms with van der Waals surface area (Å²) in [5.74, 6) is 0.973. The van der Waals surface area contributed by atoms with Gasteiger partial charge in [-0.3, -0.25) is 4.98 Å². The maximum atomic E-state index is 5.93. The van der Waals surface area contributed by atoms with Crippen LogP contribution in [0.5, 0.6) is 5.75 Å². The van der Waals surface area contributed by atoms with Gasteiger partial charge in [-0.15, -0.1) is 0 Å². The zero-order valence-corrected chi connectivity index (χ0v) is 10.9. The summed E-state index contributed by atoms with van der Waals surface area (Å²) in [5.41, 5.74) is 8.98. The molecule has 3 aromatic rings. The number of nitrogens with zero attached hydrogens (tertiary/aromatic N) is 2. The summed E-state index contributed by atoms with van der Waals surface area (Å²) in [6.45, 7) is 0. The van der Waals surface area contributed by atoms with Gasteiger partial charge in [0.15, 0.2) is 0 Å². The highest BCUT2D eigenvalue weighted by atomic mass is 16.5. The topological polar surface area (TPSA) is 74.2 Å². The zero-order valence-electron chi connectivity index (χ0n) is 10.9. The molecule has 2 N–H and O–H groups in total. The van der Waals surface area contributed by atoms with Crippen LogP contribution in [-0.2, 0) is 0 Å². The summed E-state index contributed by atoms with van der Waals surface area (Å²) in [4.78, 5) is 4.09. The average Bonchev–Trinajstić information content (AvgIpc) is 2.89. The Morgan fingerprint density at radius 1 is 1.15 bits per heavy atom. The van der Waals surface area contributed by atoms with Gasteiger partial charge in [0.25, 0.3) is 0 Å². The quantitative estimate of drug-likeness (QED) is 0.789. The Labute approximate surface area is 116 Å². The number of rotatable bonds is 3. The van der Waals surface area contributed by atoms with Gasteiger partial charge in [0.05, 0.1) is 12.7 Å². The summed E-state index contributed by atoms with van der Waals surface area (Å²) in [6.07, 6.45) is 3.42. The van der Waals surface area contributed by atoms with Gasteiger partial charge in [-0.25, -0.2) is 0 Å². The van der Waals surface area contributed by atoms with Gasteiger partial charge in [0, 0.05) is 23.5 Å². The minimum absolute atomic E-state index is 0.258. The number of anilines is 1. The fourth-order valence-corrected chi connectivity index (χ4v) is 2.11. The lowest BCUT2D eigenvalue weighted by Gasteiger charge is -2.08. The Balaban J connectivity index is 2.22. The Bertz CT molecular complexity index is 723. The monoisotopic (exact) mass is 267 g/mol. The molecule has 0 spiro atoms. The van der Waals surface area contributed by atoms with Gasteiger partial charge in [-0.05, 0) is 18.2 Å². The molecule has 0 saturated heterocycles. The van der Waals surface area contributed by atoms with Crippen LogP contribution in [0.25, 0.3) is 22.4 Å². The lowest BCUT2D eigenvalue weighted by molar-refractivity contribution is 0.416. The molecule has 0 aliphatic heterocycles. The minimum Gasteiger partial charge on any atom is -0.496 e. The Kier molecular flexibility index (Phi) is 3.09. The lowest BCUT2D eigenvalue weighted by atomic mass is 10.0. The molecule has 2 aromatic heterocycles. The lowest BCUT2D eigenvalue weighted by Crippen LogP contribution is -1.92. The van der Waals surface area contributed by atoms with Crippen molar-refractivity contribution in [1.29, 1.82) is 0 Å². The molecular formula is C15H13N3O2. The van der Waals surface area contributed by atoms with Crippen LogP contribution in [0.1, 0.15) is 0 Å². The molecular weight excluding hydrogens is 254 g/mol. The first-order valence-electron chi connectivity index (χ1n) is 6.10. The van der Waals surface area contributed by atoms with Crippen molar-refractivity contribution in [2.45, 2.75) is 0 Å². The van der Waals surface area contributed by atoms with Crippen LogP contribution >= 0.6 is 0 Å². The summed E-state index contributed by atoms with van der Waals surface area (Å²) in [5, 5.41) is 4.04. The maximum absolute atomic E-state index is 5.93. The smallest absolute Gasteiger partial charge is 0.230 e. The summed E-state index contributed by atoms with van der Waals surface area (Å²) >= 11 is 0. The zero-order chi connectivity index (χ0) is 13.9. The molecule has 1 aromatic carbocycles. The number of pyridine rings is 1. The SMILES string of the molecule is COc1ccccc1-c1c(-c2cccnc2)noc1N. The number of aromatic nitrogens is 2. The van der Waals surface area contributed by atoms with Gasteiger partial charge in [-0.2, -0.15) is 0 Å². The largest absolute Gasteiger partial charge is 0.496 e. The van der Waals surface area contributed by atoms with E-state index in [9.17, 15) is 0 Å². The van der Waals surface area contributed by atoms with E-state index >= 15 is 0 Å². The van der Waals surface area contributed by atoms with Crippen molar-refractivity contribution >= 4 is 5.88 Å². The predicted octanol–water partition coefficient (Wildman–Crippen LogP) is 2.99. The van der Waals surface area contributed by atoms with Crippen molar-refractivity contribution in [3.8, 4) is 28.1 Å². The molecule has 20 heavy (non-hydrogen) atoms. The minimum atomic E-state index is 0.258. The molecule has 0 unspecified atom stereocenters. The van der Waals surface area contributed by atoms with Gasteiger partial charge < -0.3 is 15.0 Å². The molecule has 0 aliphatic rings. The Hall–Kier alpha value is -2.82. The molecule has 5 nitrogen and oxygen atoms in total. The van der Waals surface area contributed by atoms with Crippen LogP contribution in [0.2, 0.25) is 0 Å². The number of ether oxygens (including phenoxy) is 1. The number of hydrogen-bond acceptors (Lipinski definition) is 5. The fourth-order valence-electron chi connectivity index (χ4n) is 2.11. The van der Waals surface area contributed by atoms with E-state index < -0.39 is 0 Å². The molecule has 5 heteroatoms. The predicted molar refractivity (Wildman–Crippen MR) is 76.1 cm³/mol. The van der Waals surface area contributed by atoms with Crippen molar-refractivity contribution in [2.75, 3.05) is 12.8 Å². The van der Waals surface area contributed by atoms with E-state index in [0.717, 1.165) is 16.7 Å². The number of nitrogens with two attached hydrogens (primary N) is 1. The number of para-hydroxylation sites is 1. The molecule has 0 radical (unpaired) electrons. The van der Waals surface area contributed by atoms with Crippen molar-refractivity contribution in [3.63, 3.8) is 0 Å². The van der Waals surface area contributed by atoms with Crippen molar-refractivity contribution < 1.29 is 9.26 Å². The van der Waals surface area contributed by atoms with Crippen LogP contribution in [0.15, 0.2) is 53.3 Å². The first-order chi connectivity index (χ1) is 9.81. The number of benzene rings is 1. The average molecular weight is 267 g/mol. The Morgan fingerprint density at radius 3 is 2.75 bits per heavy atom. The van der Waals surface area contributed by atoms with E-state index in [0.29, 0.717) is 11.4 Å². The van der Waals surface area contributed by atoms with Crippen LogP contribution in [0.4, 0.5) is 5.88 Å². The second kappa shape index (κ2) is 5.05. The summed E-state index contributed by atoms with van der Waals surface area (Å²) < 4.78 is 10.5. The number of nitrogen functional groups attached to an aromatic ring is 1. The highest BCUT2D eigenvalue weighted by Crippen LogP contribution is 2.40. The second-order valence-corrected chi connectivity index (χ2v) is 4.21. The van der Waals surface area contributed by atoms with Crippen LogP contribution in [-0.4, -0.2) is 17.3 Å². The third-order valence-corrected chi connectivity index (χ3v) is 3.03. The van der Waals surface area contributed by atoms with Crippen molar-refractivity contribution in [1.82, 2.24) is 10.1 Å². The summed E-state index contributed by atoms with van der Waals surface area (Å²) in [6, 6.07) is 11.3. The summed E-state index contributed by atoms with van der Waals surface area (Å²) in [7, 11) is 1.62. The molecule has 3 rings (SSSR count). The molecule has 0 amide bonds.